The van der Waals surface area contributed by atoms with Gasteiger partial charge in [-0.15, -0.1) is 11.3 Å². The summed E-state index contributed by atoms with van der Waals surface area (Å²) in [5, 5.41) is 12.3. The average Bonchev–Trinajstić information content (AvgIpc) is 3.59. The highest BCUT2D eigenvalue weighted by molar-refractivity contribution is 7.94. The third kappa shape index (κ3) is 9.46. The van der Waals surface area contributed by atoms with Gasteiger partial charge in [0.2, 0.25) is 10.0 Å². The number of hydrogen-bond acceptors (Lipinski definition) is 9. The maximum Gasteiger partial charge on any atom is 0.271 e. The van der Waals surface area contributed by atoms with Gasteiger partial charge in [-0.2, -0.15) is 4.31 Å². The quantitative estimate of drug-likeness (QED) is 0.302. The number of fused-ring (bicyclic) bond motifs is 1. The molecule has 0 bridgehead atoms. The second-order valence-corrected chi connectivity index (χ2v) is 17.1. The number of nitrogens with zero attached hydrogens (tertiary/aromatic N) is 2. The lowest BCUT2D eigenvalue weighted by molar-refractivity contribution is -0.00833. The van der Waals surface area contributed by atoms with Gasteiger partial charge in [-0.05, 0) is 87.0 Å². The predicted octanol–water partition coefficient (Wildman–Crippen LogP) is 5.32. The van der Waals surface area contributed by atoms with Crippen molar-refractivity contribution in [2.45, 2.75) is 67.4 Å². The zero-order chi connectivity index (χ0) is 34.4. The first-order valence-corrected chi connectivity index (χ1v) is 19.5. The highest BCUT2D eigenvalue weighted by Gasteiger charge is 2.32. The van der Waals surface area contributed by atoms with Crippen molar-refractivity contribution in [3.8, 4) is 5.75 Å². The van der Waals surface area contributed by atoms with Crippen LogP contribution in [0.3, 0.4) is 0 Å². The SMILES string of the molecule is C[C@@H]1CCCCO[C@@H](CN(C)S(=O)(=O)c2ccc(Cl)cc2)[C@H](C)CN([C@H](C)CO)C(=O)c2cc(NS(=O)(=O)c3cccs3)ccc2O1. The van der Waals surface area contributed by atoms with E-state index in [4.69, 9.17) is 21.1 Å². The first kappa shape index (κ1) is 37.1. The van der Waals surface area contributed by atoms with E-state index in [9.17, 15) is 26.7 Å². The Balaban J connectivity index is 1.67. The smallest absolute Gasteiger partial charge is 0.271 e. The molecule has 0 saturated heterocycles. The van der Waals surface area contributed by atoms with Crippen molar-refractivity contribution in [3.63, 3.8) is 0 Å². The van der Waals surface area contributed by atoms with E-state index in [1.165, 1.54) is 52.7 Å². The summed E-state index contributed by atoms with van der Waals surface area (Å²) in [7, 11) is -6.27. The van der Waals surface area contributed by atoms with E-state index >= 15 is 0 Å². The first-order valence-electron chi connectivity index (χ1n) is 15.3. The summed E-state index contributed by atoms with van der Waals surface area (Å²) in [6, 6.07) is 13.0. The van der Waals surface area contributed by atoms with Gasteiger partial charge in [0.25, 0.3) is 15.9 Å². The van der Waals surface area contributed by atoms with E-state index in [1.54, 1.807) is 30.5 Å². The molecule has 4 rings (SSSR count). The van der Waals surface area contributed by atoms with Crippen LogP contribution in [0.5, 0.6) is 5.75 Å². The number of likely N-dealkylation sites (N-methyl/N-ethyl adjacent to an activating group) is 1. The Morgan fingerprint density at radius 2 is 1.83 bits per heavy atom. The normalized spacial score (nSPS) is 21.0. The molecule has 0 radical (unpaired) electrons. The maximum absolute atomic E-state index is 14.3. The van der Waals surface area contributed by atoms with Gasteiger partial charge < -0.3 is 19.5 Å². The van der Waals surface area contributed by atoms with Gasteiger partial charge in [-0.25, -0.2) is 16.8 Å². The highest BCUT2D eigenvalue weighted by atomic mass is 35.5. The molecule has 0 saturated carbocycles. The lowest BCUT2D eigenvalue weighted by atomic mass is 10.0. The lowest BCUT2D eigenvalue weighted by Crippen LogP contribution is -2.48. The number of carbonyl (C=O) groups is 1. The molecule has 1 aliphatic heterocycles. The molecule has 1 amide bonds. The fourth-order valence-electron chi connectivity index (χ4n) is 5.21. The number of aliphatic hydroxyl groups excluding tert-OH is 1. The Labute approximate surface area is 286 Å². The van der Waals surface area contributed by atoms with Crippen LogP contribution >= 0.6 is 22.9 Å². The number of ether oxygens (including phenoxy) is 2. The van der Waals surface area contributed by atoms with Crippen LogP contribution < -0.4 is 9.46 Å². The zero-order valence-electron chi connectivity index (χ0n) is 26.8. The molecule has 0 aliphatic carbocycles. The van der Waals surface area contributed by atoms with Gasteiger partial charge in [-0.1, -0.05) is 24.6 Å². The Morgan fingerprint density at radius 1 is 1.11 bits per heavy atom. The largest absolute Gasteiger partial charge is 0.490 e. The molecule has 11 nitrogen and oxygen atoms in total. The monoisotopic (exact) mass is 727 g/mol. The summed E-state index contributed by atoms with van der Waals surface area (Å²) < 4.78 is 69.2. The molecule has 4 atom stereocenters. The van der Waals surface area contributed by atoms with Crippen molar-refractivity contribution in [1.29, 1.82) is 0 Å². The van der Waals surface area contributed by atoms with Crippen LogP contribution in [0.2, 0.25) is 5.02 Å². The summed E-state index contributed by atoms with van der Waals surface area (Å²) in [6.07, 6.45) is 1.26. The standard InChI is InChI=1S/C32H42ClN3O8S3/c1-22-19-36(23(2)21-37)32(38)28-18-26(34-46(39,40)31-9-7-17-45-31)12-15-29(28)44-24(3)8-5-6-16-43-30(22)20-35(4)47(41,42)27-13-10-25(33)11-14-27/h7,9-15,17-18,22-24,30,34,37H,5-6,8,16,19-21H2,1-4H3/t22-,23-,24-,30+/m1/s1. The van der Waals surface area contributed by atoms with Crippen molar-refractivity contribution in [1.82, 2.24) is 9.21 Å². The molecule has 3 aromatic rings. The van der Waals surface area contributed by atoms with Crippen molar-refractivity contribution in [3.05, 3.63) is 70.6 Å². The summed E-state index contributed by atoms with van der Waals surface area (Å²) in [5.41, 5.74) is 0.315. The third-order valence-electron chi connectivity index (χ3n) is 8.02. The van der Waals surface area contributed by atoms with E-state index < -0.39 is 38.1 Å². The molecule has 0 spiro atoms. The van der Waals surface area contributed by atoms with Gasteiger partial charge in [0.05, 0.1) is 35.3 Å². The summed E-state index contributed by atoms with van der Waals surface area (Å²) in [4.78, 5) is 15.9. The second-order valence-electron chi connectivity index (χ2n) is 11.8. The van der Waals surface area contributed by atoms with E-state index in [2.05, 4.69) is 4.72 Å². The third-order valence-corrected chi connectivity index (χ3v) is 12.9. The summed E-state index contributed by atoms with van der Waals surface area (Å²) in [5.74, 6) is -0.554. The lowest BCUT2D eigenvalue weighted by Gasteiger charge is -2.35. The number of amides is 1. The topological polar surface area (TPSA) is 143 Å². The molecular weight excluding hydrogens is 686 g/mol. The minimum Gasteiger partial charge on any atom is -0.490 e. The van der Waals surface area contributed by atoms with Crippen LogP contribution in [0.25, 0.3) is 0 Å². The molecule has 2 heterocycles. The number of nitrogens with one attached hydrogen (secondary N) is 1. The number of halogens is 1. The maximum atomic E-state index is 14.3. The number of rotatable bonds is 9. The molecule has 0 fully saturated rings. The summed E-state index contributed by atoms with van der Waals surface area (Å²) >= 11 is 7.04. The van der Waals surface area contributed by atoms with Gasteiger partial charge in [0.1, 0.15) is 9.96 Å². The number of thiophene rings is 1. The molecule has 47 heavy (non-hydrogen) atoms. The number of hydrogen-bond donors (Lipinski definition) is 2. The number of carbonyl (C=O) groups excluding carboxylic acids is 1. The van der Waals surface area contributed by atoms with E-state index in [0.29, 0.717) is 30.2 Å². The van der Waals surface area contributed by atoms with Gasteiger partial charge in [-0.3, -0.25) is 9.52 Å². The number of benzene rings is 2. The van der Waals surface area contributed by atoms with Gasteiger partial charge in [0.15, 0.2) is 0 Å². The Hall–Kier alpha value is -2.72. The molecule has 258 valence electrons. The molecule has 1 aliphatic rings. The second kappa shape index (κ2) is 16.1. The number of anilines is 1. The van der Waals surface area contributed by atoms with Crippen molar-refractivity contribution in [2.75, 3.05) is 38.1 Å². The minimum atomic E-state index is -3.88. The Kier molecular flexibility index (Phi) is 12.7. The fourth-order valence-corrected chi connectivity index (χ4v) is 8.56. The van der Waals surface area contributed by atoms with Crippen LogP contribution in [0.15, 0.2) is 69.1 Å². The molecule has 1 aromatic heterocycles. The van der Waals surface area contributed by atoms with Crippen molar-refractivity contribution < 1.29 is 36.2 Å². The van der Waals surface area contributed by atoms with Crippen LogP contribution in [0.1, 0.15) is 50.4 Å². The van der Waals surface area contributed by atoms with E-state index in [1.807, 2.05) is 13.8 Å². The van der Waals surface area contributed by atoms with E-state index in [-0.39, 0.29) is 52.1 Å². The average molecular weight is 728 g/mol. The molecule has 2 aromatic carbocycles. The predicted molar refractivity (Wildman–Crippen MR) is 183 cm³/mol. The zero-order valence-corrected chi connectivity index (χ0v) is 30.0. The first-order chi connectivity index (χ1) is 22.2. The van der Waals surface area contributed by atoms with Crippen LogP contribution in [-0.2, 0) is 24.8 Å². The van der Waals surface area contributed by atoms with Gasteiger partial charge in [0, 0.05) is 43.4 Å². The summed E-state index contributed by atoms with van der Waals surface area (Å²) in [6.45, 7) is 5.63. The van der Waals surface area contributed by atoms with Gasteiger partial charge >= 0.3 is 0 Å². The van der Waals surface area contributed by atoms with Crippen LogP contribution in [0, 0.1) is 5.92 Å². The van der Waals surface area contributed by atoms with Crippen molar-refractivity contribution in [2.24, 2.45) is 5.92 Å². The van der Waals surface area contributed by atoms with Crippen LogP contribution in [-0.4, -0.2) is 88.7 Å². The van der Waals surface area contributed by atoms with Crippen LogP contribution in [0.4, 0.5) is 5.69 Å². The number of sulfonamides is 2. The molecule has 2 N–H and O–H groups in total. The highest BCUT2D eigenvalue weighted by Crippen LogP contribution is 2.30. The fraction of sp³-hybridized carbons (Fsp3) is 0.469. The molecule has 15 heteroatoms. The van der Waals surface area contributed by atoms with Crippen molar-refractivity contribution >= 4 is 54.6 Å². The minimum absolute atomic E-state index is 0.0202. The molecular formula is C32H42ClN3O8S3. The number of aliphatic hydroxyl groups is 1. The van der Waals surface area contributed by atoms with E-state index in [0.717, 1.165) is 17.8 Å². The Morgan fingerprint density at radius 3 is 2.49 bits per heavy atom. The Bertz CT molecular complexity index is 1700. The molecule has 0 unspecified atom stereocenters.